The number of aryl methyl sites for hydroxylation is 2. The molecule has 4 heterocycles. The second-order valence-electron chi connectivity index (χ2n) is 14.9. The van der Waals surface area contributed by atoms with E-state index in [1.807, 2.05) is 82.0 Å². The molecular formula is C36H47N7O4Si. The van der Waals surface area contributed by atoms with Crippen LogP contribution in [0.15, 0.2) is 48.9 Å². The topological polar surface area (TPSA) is 109 Å². The Balaban J connectivity index is 1.16. The fourth-order valence-corrected chi connectivity index (χ4v) is 6.62. The maximum Gasteiger partial charge on any atom is 0.410 e. The van der Waals surface area contributed by atoms with Crippen LogP contribution in [0.2, 0.25) is 25.7 Å². The van der Waals surface area contributed by atoms with Gasteiger partial charge in [0.25, 0.3) is 0 Å². The van der Waals surface area contributed by atoms with Crippen molar-refractivity contribution in [2.45, 2.75) is 91.5 Å². The van der Waals surface area contributed by atoms with Crippen molar-refractivity contribution in [2.75, 3.05) is 19.7 Å². The van der Waals surface area contributed by atoms with E-state index in [1.165, 1.54) is 0 Å². The maximum atomic E-state index is 12.5. The Bertz CT molecular complexity index is 1930. The molecule has 48 heavy (non-hydrogen) atoms. The Morgan fingerprint density at radius 1 is 1.00 bits per heavy atom. The first-order valence-electron chi connectivity index (χ1n) is 16.8. The highest BCUT2D eigenvalue weighted by Crippen LogP contribution is 2.33. The number of carbonyl (C=O) groups is 1. The third-order valence-corrected chi connectivity index (χ3v) is 10.4. The van der Waals surface area contributed by atoms with Gasteiger partial charge in [-0.05, 0) is 77.8 Å². The smallest absolute Gasteiger partial charge is 0.410 e. The van der Waals surface area contributed by atoms with Crippen LogP contribution in [0.1, 0.15) is 51.0 Å². The van der Waals surface area contributed by atoms with Crippen molar-refractivity contribution in [3.05, 3.63) is 60.3 Å². The zero-order chi connectivity index (χ0) is 34.2. The predicted molar refractivity (Wildman–Crippen MR) is 190 cm³/mol. The molecule has 0 atom stereocenters. The summed E-state index contributed by atoms with van der Waals surface area (Å²) in [7, 11) is -1.16. The van der Waals surface area contributed by atoms with E-state index >= 15 is 0 Å². The summed E-state index contributed by atoms with van der Waals surface area (Å²) in [5.41, 5.74) is 5.51. The summed E-state index contributed by atoms with van der Waals surface area (Å²) in [6, 6.07) is 11.2. The van der Waals surface area contributed by atoms with Crippen LogP contribution in [0.25, 0.3) is 33.3 Å². The maximum absolute atomic E-state index is 12.5. The Morgan fingerprint density at radius 2 is 1.75 bits per heavy atom. The fourth-order valence-electron chi connectivity index (χ4n) is 5.86. The summed E-state index contributed by atoms with van der Waals surface area (Å²) in [6.45, 7) is 19.2. The van der Waals surface area contributed by atoms with Crippen LogP contribution in [0.4, 0.5) is 4.79 Å². The van der Waals surface area contributed by atoms with E-state index in [-0.39, 0.29) is 12.1 Å². The lowest BCUT2D eigenvalue weighted by atomic mass is 10.1. The lowest BCUT2D eigenvalue weighted by molar-refractivity contribution is 0.0184. The highest BCUT2D eigenvalue weighted by atomic mass is 28.3. The number of amides is 1. The van der Waals surface area contributed by atoms with Gasteiger partial charge in [0.1, 0.15) is 29.7 Å². The summed E-state index contributed by atoms with van der Waals surface area (Å²) in [6.07, 6.45) is 7.00. The van der Waals surface area contributed by atoms with Crippen molar-refractivity contribution in [3.8, 4) is 22.8 Å². The number of fused-ring (bicyclic) bond motifs is 2. The molecule has 0 spiro atoms. The molecule has 1 saturated heterocycles. The number of hydrogen-bond donors (Lipinski definition) is 0. The number of ether oxygens (including phenoxy) is 3. The van der Waals surface area contributed by atoms with Gasteiger partial charge in [0.2, 0.25) is 0 Å². The van der Waals surface area contributed by atoms with Gasteiger partial charge < -0.3 is 23.7 Å². The zero-order valence-electron chi connectivity index (χ0n) is 29.4. The van der Waals surface area contributed by atoms with Gasteiger partial charge in [0, 0.05) is 51.2 Å². The van der Waals surface area contributed by atoms with Crippen molar-refractivity contribution in [1.29, 1.82) is 0 Å². The average molecular weight is 670 g/mol. The van der Waals surface area contributed by atoms with Gasteiger partial charge in [-0.25, -0.2) is 14.8 Å². The molecule has 2 aromatic carbocycles. The van der Waals surface area contributed by atoms with E-state index in [0.717, 1.165) is 81.7 Å². The van der Waals surface area contributed by atoms with E-state index < -0.39 is 13.7 Å². The van der Waals surface area contributed by atoms with Gasteiger partial charge in [-0.1, -0.05) is 19.6 Å². The van der Waals surface area contributed by atoms with E-state index in [4.69, 9.17) is 29.2 Å². The first-order valence-corrected chi connectivity index (χ1v) is 20.5. The van der Waals surface area contributed by atoms with Crippen molar-refractivity contribution in [3.63, 3.8) is 0 Å². The quantitative estimate of drug-likeness (QED) is 0.114. The molecule has 1 fully saturated rings. The zero-order valence-corrected chi connectivity index (χ0v) is 30.4. The van der Waals surface area contributed by atoms with Crippen molar-refractivity contribution >= 4 is 36.2 Å². The first kappa shape index (κ1) is 33.6. The summed E-state index contributed by atoms with van der Waals surface area (Å²) >= 11 is 0. The van der Waals surface area contributed by atoms with Crippen molar-refractivity contribution in [1.82, 2.24) is 34.2 Å². The highest BCUT2D eigenvalue weighted by molar-refractivity contribution is 6.76. The summed E-state index contributed by atoms with van der Waals surface area (Å²) in [4.78, 5) is 28.7. The number of nitrogens with zero attached hydrogens (tertiary/aromatic N) is 7. The molecule has 0 saturated carbocycles. The molecule has 0 radical (unpaired) electrons. The molecule has 5 aromatic rings. The van der Waals surface area contributed by atoms with Gasteiger partial charge in [-0.15, -0.1) is 0 Å². The Kier molecular flexibility index (Phi) is 9.32. The van der Waals surface area contributed by atoms with E-state index in [0.29, 0.717) is 19.8 Å². The van der Waals surface area contributed by atoms with Crippen LogP contribution in [-0.4, -0.2) is 73.7 Å². The Labute approximate surface area is 283 Å². The van der Waals surface area contributed by atoms with Crippen molar-refractivity contribution < 1.29 is 19.0 Å². The molecule has 1 amide bonds. The minimum Gasteiger partial charge on any atom is -0.457 e. The second-order valence-corrected chi connectivity index (χ2v) is 20.5. The standard InChI is InChI=1S/C36H47N7O4Si/c1-24-33(46-28-9-10-29-32(19-28)42(25(2)39-29)23-45-17-18-48(6,7)8)12-11-30-34(24)40-31(21-37-30)26-20-38-43(22-26)27-13-15-41(16-14-27)35(44)47-36(3,4)5/h9-12,19-22,27H,13-18,23H2,1-8H3. The number of rotatable bonds is 9. The van der Waals surface area contributed by atoms with E-state index in [9.17, 15) is 4.79 Å². The number of piperidine rings is 1. The lowest BCUT2D eigenvalue weighted by Crippen LogP contribution is -2.42. The molecule has 0 N–H and O–H groups in total. The number of likely N-dealkylation sites (tertiary alicyclic amines) is 1. The third-order valence-electron chi connectivity index (χ3n) is 8.66. The number of benzene rings is 2. The average Bonchev–Trinajstić information content (AvgIpc) is 3.64. The fraction of sp³-hybridized carbons (Fsp3) is 0.472. The van der Waals surface area contributed by atoms with Crippen LogP contribution in [0, 0.1) is 13.8 Å². The van der Waals surface area contributed by atoms with Crippen LogP contribution < -0.4 is 4.74 Å². The molecule has 254 valence electrons. The van der Waals surface area contributed by atoms with Gasteiger partial charge in [-0.2, -0.15) is 5.10 Å². The normalized spacial score (nSPS) is 14.6. The molecule has 0 unspecified atom stereocenters. The van der Waals surface area contributed by atoms with Gasteiger partial charge in [0.15, 0.2) is 0 Å². The number of hydrogen-bond acceptors (Lipinski definition) is 8. The monoisotopic (exact) mass is 669 g/mol. The Morgan fingerprint density at radius 3 is 2.48 bits per heavy atom. The van der Waals surface area contributed by atoms with Gasteiger partial charge in [-0.3, -0.25) is 9.67 Å². The first-order chi connectivity index (χ1) is 22.7. The molecule has 11 nitrogen and oxygen atoms in total. The number of imidazole rings is 1. The summed E-state index contributed by atoms with van der Waals surface area (Å²) in [5, 5.41) is 4.66. The largest absolute Gasteiger partial charge is 0.457 e. The minimum atomic E-state index is -1.16. The molecular weight excluding hydrogens is 623 g/mol. The molecule has 12 heteroatoms. The Hall–Kier alpha value is -4.29. The van der Waals surface area contributed by atoms with E-state index in [2.05, 4.69) is 29.3 Å². The van der Waals surface area contributed by atoms with Crippen LogP contribution >= 0.6 is 0 Å². The SMILES string of the molecule is Cc1c(Oc2ccc3nc(C)n(COCC[Si](C)(C)C)c3c2)ccc2ncc(-c3cnn(C4CCN(C(=O)OC(C)(C)C)CC4)c3)nc12. The van der Waals surface area contributed by atoms with Crippen LogP contribution in [-0.2, 0) is 16.2 Å². The third kappa shape index (κ3) is 7.71. The molecule has 6 rings (SSSR count). The second kappa shape index (κ2) is 13.3. The predicted octanol–water partition coefficient (Wildman–Crippen LogP) is 8.14. The molecule has 1 aliphatic rings. The van der Waals surface area contributed by atoms with Gasteiger partial charge >= 0.3 is 6.09 Å². The summed E-state index contributed by atoms with van der Waals surface area (Å²) in [5.74, 6) is 2.35. The molecule has 3 aromatic heterocycles. The highest BCUT2D eigenvalue weighted by Gasteiger charge is 2.28. The van der Waals surface area contributed by atoms with Crippen molar-refractivity contribution in [2.24, 2.45) is 0 Å². The number of aromatic nitrogens is 6. The van der Waals surface area contributed by atoms with Crippen LogP contribution in [0.5, 0.6) is 11.5 Å². The molecule has 0 aliphatic carbocycles. The minimum absolute atomic E-state index is 0.196. The van der Waals surface area contributed by atoms with Crippen LogP contribution in [0.3, 0.4) is 0 Å². The van der Waals surface area contributed by atoms with E-state index in [1.54, 1.807) is 11.1 Å². The van der Waals surface area contributed by atoms with Gasteiger partial charge in [0.05, 0.1) is 46.2 Å². The number of carbonyl (C=O) groups excluding carboxylic acids is 1. The summed E-state index contributed by atoms with van der Waals surface area (Å²) < 4.78 is 22.1. The lowest BCUT2D eigenvalue weighted by Gasteiger charge is -2.33. The molecule has 1 aliphatic heterocycles. The molecule has 0 bridgehead atoms.